The van der Waals surface area contributed by atoms with Gasteiger partial charge in [0.25, 0.3) is 5.91 Å². The highest BCUT2D eigenvalue weighted by Gasteiger charge is 2.66. The maximum Gasteiger partial charge on any atom is 0.264 e. The molecule has 0 radical (unpaired) electrons. The summed E-state index contributed by atoms with van der Waals surface area (Å²) in [6.45, 7) is 9.88. The standard InChI is InChI=1S/C36H41N3O6Si/c1-5-17-37-31-16-15-28(39(23-41)27-13-7-6-8-14-27)19-30(31)36(35(37)43)24(2)34(46(3,4)44)32(45-36)20-33(42)38-21-26-12-10-9-11-25(26)18-29(38)22-40/h5-16,19,23-24,29,32,34,40,44H,1,17-18,20-22H2,2-4H3/t24-,29+,32+,34-,36+/m1/s1. The molecule has 9 nitrogen and oxygen atoms in total. The van der Waals surface area contributed by atoms with Crippen LogP contribution in [0.1, 0.15) is 30.0 Å². The molecule has 1 fully saturated rings. The molecule has 1 spiro atoms. The second-order valence-electron chi connectivity index (χ2n) is 13.1. The van der Waals surface area contributed by atoms with E-state index in [1.165, 1.54) is 4.90 Å². The van der Waals surface area contributed by atoms with Gasteiger partial charge in [0.15, 0.2) is 13.9 Å². The van der Waals surface area contributed by atoms with Crippen molar-refractivity contribution in [1.29, 1.82) is 0 Å². The summed E-state index contributed by atoms with van der Waals surface area (Å²) in [6, 6.07) is 22.2. The highest BCUT2D eigenvalue weighted by Crippen LogP contribution is 2.60. The predicted octanol–water partition coefficient (Wildman–Crippen LogP) is 4.65. The first-order valence-corrected chi connectivity index (χ1v) is 18.8. The van der Waals surface area contributed by atoms with Gasteiger partial charge < -0.3 is 24.4 Å². The number of hydrogen-bond donors (Lipinski definition) is 2. The van der Waals surface area contributed by atoms with Crippen molar-refractivity contribution in [3.05, 3.63) is 102 Å². The molecule has 3 aliphatic rings. The van der Waals surface area contributed by atoms with Crippen molar-refractivity contribution < 1.29 is 29.0 Å². The van der Waals surface area contributed by atoms with Crippen LogP contribution < -0.4 is 9.80 Å². The molecule has 10 heteroatoms. The third kappa shape index (κ3) is 5.19. The molecule has 3 aliphatic heterocycles. The second-order valence-corrected chi connectivity index (χ2v) is 17.1. The van der Waals surface area contributed by atoms with Gasteiger partial charge in [-0.2, -0.15) is 0 Å². The highest BCUT2D eigenvalue weighted by atomic mass is 28.4. The first-order chi connectivity index (χ1) is 22.0. The smallest absolute Gasteiger partial charge is 0.264 e. The van der Waals surface area contributed by atoms with E-state index in [1.807, 2.05) is 86.7 Å². The Hall–Kier alpha value is -4.09. The number of benzene rings is 3. The Kier molecular flexibility index (Phi) is 8.49. The molecule has 240 valence electrons. The predicted molar refractivity (Wildman–Crippen MR) is 179 cm³/mol. The summed E-state index contributed by atoms with van der Waals surface area (Å²) in [5.74, 6) is -0.946. The number of anilines is 3. The number of fused-ring (bicyclic) bond motifs is 3. The van der Waals surface area contributed by atoms with Gasteiger partial charge in [0, 0.05) is 41.5 Å². The van der Waals surface area contributed by atoms with Crippen LogP contribution >= 0.6 is 0 Å². The third-order valence-electron chi connectivity index (χ3n) is 9.96. The lowest BCUT2D eigenvalue weighted by molar-refractivity contribution is -0.150. The fraction of sp³-hybridized carbons (Fsp3) is 0.361. The van der Waals surface area contributed by atoms with Crippen LogP contribution in [0, 0.1) is 5.92 Å². The average Bonchev–Trinajstić information content (AvgIpc) is 3.47. The Morgan fingerprint density at radius 2 is 1.78 bits per heavy atom. The number of ether oxygens (including phenoxy) is 1. The molecular formula is C36H41N3O6Si. The Balaban J connectivity index is 1.40. The molecule has 46 heavy (non-hydrogen) atoms. The van der Waals surface area contributed by atoms with E-state index in [-0.39, 0.29) is 37.4 Å². The van der Waals surface area contributed by atoms with Crippen LogP contribution in [0.5, 0.6) is 0 Å². The van der Waals surface area contributed by atoms with E-state index in [9.17, 15) is 24.3 Å². The van der Waals surface area contributed by atoms with Crippen LogP contribution in [0.2, 0.25) is 18.6 Å². The van der Waals surface area contributed by atoms with Crippen molar-refractivity contribution in [3.8, 4) is 0 Å². The molecular weight excluding hydrogens is 598 g/mol. The SMILES string of the molecule is C=CCN1C(=O)[C@@]2(O[C@@H](CC(=O)N3Cc4ccccc4C[C@H]3CO)[C@H]([Si](C)(C)O)[C@H]2C)c2cc(N(C=O)c3ccccc3)ccc21. The minimum absolute atomic E-state index is 0.0410. The first-order valence-electron chi connectivity index (χ1n) is 15.8. The van der Waals surface area contributed by atoms with Crippen molar-refractivity contribution in [1.82, 2.24) is 4.90 Å². The quantitative estimate of drug-likeness (QED) is 0.201. The summed E-state index contributed by atoms with van der Waals surface area (Å²) in [5.41, 5.74) is 2.71. The van der Waals surface area contributed by atoms with Gasteiger partial charge in [-0.25, -0.2) is 0 Å². The lowest BCUT2D eigenvalue weighted by atomic mass is 9.82. The zero-order valence-corrected chi connectivity index (χ0v) is 27.5. The molecule has 0 unspecified atom stereocenters. The molecule has 3 amide bonds. The Bertz CT molecular complexity index is 1660. The normalized spacial score (nSPS) is 25.4. The van der Waals surface area contributed by atoms with E-state index < -0.39 is 31.5 Å². The Morgan fingerprint density at radius 1 is 1.09 bits per heavy atom. The number of para-hydroxylation sites is 1. The lowest BCUT2D eigenvalue weighted by Gasteiger charge is -2.37. The molecule has 6 rings (SSSR count). The summed E-state index contributed by atoms with van der Waals surface area (Å²) >= 11 is 0. The van der Waals surface area contributed by atoms with Crippen LogP contribution in [-0.2, 0) is 37.7 Å². The maximum atomic E-state index is 14.5. The molecule has 3 heterocycles. The Morgan fingerprint density at radius 3 is 2.43 bits per heavy atom. The van der Waals surface area contributed by atoms with Gasteiger partial charge in [-0.1, -0.05) is 55.5 Å². The molecule has 0 bridgehead atoms. The summed E-state index contributed by atoms with van der Waals surface area (Å²) in [6.07, 6.45) is 2.16. The zero-order valence-electron chi connectivity index (χ0n) is 26.5. The van der Waals surface area contributed by atoms with E-state index in [2.05, 4.69) is 6.58 Å². The lowest BCUT2D eigenvalue weighted by Crippen LogP contribution is -2.48. The van der Waals surface area contributed by atoms with Crippen LogP contribution in [0.25, 0.3) is 0 Å². The third-order valence-corrected chi connectivity index (χ3v) is 12.5. The van der Waals surface area contributed by atoms with E-state index in [4.69, 9.17) is 4.74 Å². The van der Waals surface area contributed by atoms with E-state index in [0.29, 0.717) is 35.6 Å². The van der Waals surface area contributed by atoms with Crippen molar-refractivity contribution in [3.63, 3.8) is 0 Å². The van der Waals surface area contributed by atoms with Crippen LogP contribution in [-0.4, -0.2) is 66.6 Å². The van der Waals surface area contributed by atoms with Crippen molar-refractivity contribution in [2.75, 3.05) is 23.0 Å². The van der Waals surface area contributed by atoms with Gasteiger partial charge >= 0.3 is 0 Å². The molecule has 5 atom stereocenters. The summed E-state index contributed by atoms with van der Waals surface area (Å²) in [7, 11) is -3.03. The van der Waals surface area contributed by atoms with Crippen molar-refractivity contribution in [2.45, 2.75) is 62.7 Å². The van der Waals surface area contributed by atoms with Gasteiger partial charge in [-0.15, -0.1) is 6.58 Å². The van der Waals surface area contributed by atoms with Crippen molar-refractivity contribution in [2.24, 2.45) is 5.92 Å². The molecule has 2 N–H and O–H groups in total. The summed E-state index contributed by atoms with van der Waals surface area (Å²) < 4.78 is 6.88. The van der Waals surface area contributed by atoms with E-state index >= 15 is 0 Å². The van der Waals surface area contributed by atoms with E-state index in [1.54, 1.807) is 21.9 Å². The van der Waals surface area contributed by atoms with Crippen LogP contribution in [0.3, 0.4) is 0 Å². The van der Waals surface area contributed by atoms with Gasteiger partial charge in [0.2, 0.25) is 12.3 Å². The van der Waals surface area contributed by atoms with Gasteiger partial charge in [0.1, 0.15) is 0 Å². The Labute approximate surface area is 270 Å². The van der Waals surface area contributed by atoms with Gasteiger partial charge in [-0.3, -0.25) is 19.3 Å². The summed E-state index contributed by atoms with van der Waals surface area (Å²) in [5, 5.41) is 10.2. The first kappa shape index (κ1) is 31.9. The number of nitrogens with zero attached hydrogens (tertiary/aromatic N) is 3. The van der Waals surface area contributed by atoms with E-state index in [0.717, 1.165) is 17.5 Å². The number of carbonyl (C=O) groups is 3. The van der Waals surface area contributed by atoms with Crippen LogP contribution in [0.15, 0.2) is 85.5 Å². The number of carbonyl (C=O) groups excluding carboxylic acids is 3. The largest absolute Gasteiger partial charge is 0.432 e. The number of aliphatic hydroxyl groups is 1. The second kappa shape index (κ2) is 12.3. The van der Waals surface area contributed by atoms with Crippen molar-refractivity contribution >= 4 is 43.6 Å². The molecule has 3 aromatic rings. The number of amides is 3. The molecule has 0 aromatic heterocycles. The minimum atomic E-state index is -3.03. The summed E-state index contributed by atoms with van der Waals surface area (Å²) in [4.78, 5) is 57.5. The van der Waals surface area contributed by atoms with Gasteiger partial charge in [0.05, 0.1) is 30.9 Å². The monoisotopic (exact) mass is 639 g/mol. The number of aliphatic hydroxyl groups excluding tert-OH is 1. The van der Waals surface area contributed by atoms with Gasteiger partial charge in [-0.05, 0) is 61.0 Å². The minimum Gasteiger partial charge on any atom is -0.432 e. The maximum absolute atomic E-state index is 14.5. The molecule has 1 saturated heterocycles. The number of hydrogen-bond acceptors (Lipinski definition) is 6. The topological polar surface area (TPSA) is 111 Å². The molecule has 3 aromatic carbocycles. The highest BCUT2D eigenvalue weighted by molar-refractivity contribution is 6.71. The fourth-order valence-corrected chi connectivity index (χ4v) is 10.5. The average molecular weight is 640 g/mol. The van der Waals surface area contributed by atoms with Crippen LogP contribution in [0.4, 0.5) is 17.1 Å². The molecule has 0 aliphatic carbocycles. The number of rotatable bonds is 9. The molecule has 0 saturated carbocycles. The zero-order chi connectivity index (χ0) is 32.8. The fourth-order valence-electron chi connectivity index (χ4n) is 7.92.